The van der Waals surface area contributed by atoms with Crippen LogP contribution in [0.5, 0.6) is 0 Å². The number of sulfonamides is 1. The molecule has 0 bridgehead atoms. The van der Waals surface area contributed by atoms with Crippen LogP contribution >= 0.6 is 0 Å². The number of piperidine rings is 1. The molecule has 1 aromatic heterocycles. The Morgan fingerprint density at radius 3 is 2.85 bits per heavy atom. The van der Waals surface area contributed by atoms with Crippen LogP contribution < -0.4 is 5.73 Å². The number of methoxy groups -OCH3 is 1. The van der Waals surface area contributed by atoms with Crippen LogP contribution in [0, 0.1) is 5.92 Å². The smallest absolute Gasteiger partial charge is 0.244 e. The van der Waals surface area contributed by atoms with E-state index in [0.717, 1.165) is 18.5 Å². The molecule has 0 spiro atoms. The normalized spacial score (nSPS) is 21.2. The third kappa shape index (κ3) is 3.06. The Labute approximate surface area is 120 Å². The van der Waals surface area contributed by atoms with Crippen molar-refractivity contribution in [2.75, 3.05) is 26.8 Å². The van der Waals surface area contributed by atoms with Crippen LogP contribution in [0.15, 0.2) is 17.2 Å². The Hall–Kier alpha value is -0.890. The van der Waals surface area contributed by atoms with E-state index in [2.05, 4.69) is 0 Å². The minimum absolute atomic E-state index is 0.279. The summed E-state index contributed by atoms with van der Waals surface area (Å²) in [4.78, 5) is 0.332. The quantitative estimate of drug-likeness (QED) is 0.860. The Balaban J connectivity index is 2.20. The summed E-state index contributed by atoms with van der Waals surface area (Å²) in [7, 11) is 0.0380. The SMILES string of the molecule is COCC1CCCN(S(=O)(=O)c2cc(CN)n(C)c2)C1. The van der Waals surface area contributed by atoms with Crippen LogP contribution in [0.2, 0.25) is 0 Å². The van der Waals surface area contributed by atoms with Crippen molar-refractivity contribution < 1.29 is 13.2 Å². The van der Waals surface area contributed by atoms with Crippen molar-refractivity contribution in [1.82, 2.24) is 8.87 Å². The van der Waals surface area contributed by atoms with Gasteiger partial charge >= 0.3 is 0 Å². The van der Waals surface area contributed by atoms with Gasteiger partial charge < -0.3 is 15.0 Å². The molecule has 114 valence electrons. The molecule has 0 aromatic carbocycles. The molecule has 1 atom stereocenters. The number of aryl methyl sites for hydroxylation is 1. The maximum Gasteiger partial charge on any atom is 0.244 e. The van der Waals surface area contributed by atoms with E-state index in [1.165, 1.54) is 0 Å². The van der Waals surface area contributed by atoms with Gasteiger partial charge in [0, 0.05) is 45.7 Å². The summed E-state index contributed by atoms with van der Waals surface area (Å²) in [6, 6.07) is 1.66. The lowest BCUT2D eigenvalue weighted by Gasteiger charge is -2.31. The molecule has 1 aromatic rings. The Morgan fingerprint density at radius 1 is 1.50 bits per heavy atom. The number of ether oxygens (including phenoxy) is 1. The average molecular weight is 301 g/mol. The third-order valence-electron chi connectivity index (χ3n) is 3.81. The fourth-order valence-corrected chi connectivity index (χ4v) is 4.34. The van der Waals surface area contributed by atoms with E-state index in [4.69, 9.17) is 10.5 Å². The molecule has 1 fully saturated rings. The van der Waals surface area contributed by atoms with Crippen LogP contribution in [-0.4, -0.2) is 44.1 Å². The lowest BCUT2D eigenvalue weighted by Crippen LogP contribution is -2.41. The molecular weight excluding hydrogens is 278 g/mol. The molecule has 0 aliphatic carbocycles. The van der Waals surface area contributed by atoms with E-state index >= 15 is 0 Å². The summed E-state index contributed by atoms with van der Waals surface area (Å²) in [5.74, 6) is 0.279. The fourth-order valence-electron chi connectivity index (χ4n) is 2.69. The summed E-state index contributed by atoms with van der Waals surface area (Å²) in [5.41, 5.74) is 6.42. The number of rotatable bonds is 5. The van der Waals surface area contributed by atoms with Crippen molar-refractivity contribution >= 4 is 10.0 Å². The van der Waals surface area contributed by atoms with Crippen LogP contribution in [0.4, 0.5) is 0 Å². The van der Waals surface area contributed by atoms with E-state index in [1.54, 1.807) is 28.2 Å². The zero-order valence-electron chi connectivity index (χ0n) is 12.1. The Kier molecular flexibility index (Phi) is 4.85. The zero-order chi connectivity index (χ0) is 14.8. The van der Waals surface area contributed by atoms with Gasteiger partial charge in [-0.2, -0.15) is 4.31 Å². The first-order valence-corrected chi connectivity index (χ1v) is 8.27. The summed E-state index contributed by atoms with van der Waals surface area (Å²) >= 11 is 0. The minimum atomic E-state index is -3.42. The number of nitrogens with two attached hydrogens (primary N) is 1. The van der Waals surface area contributed by atoms with Crippen LogP contribution in [-0.2, 0) is 28.4 Å². The van der Waals surface area contributed by atoms with Gasteiger partial charge in [0.2, 0.25) is 10.0 Å². The van der Waals surface area contributed by atoms with Crippen molar-refractivity contribution in [3.63, 3.8) is 0 Å². The van der Waals surface area contributed by atoms with E-state index in [-0.39, 0.29) is 5.92 Å². The van der Waals surface area contributed by atoms with Crippen molar-refractivity contribution in [2.24, 2.45) is 18.7 Å². The molecule has 2 N–H and O–H groups in total. The third-order valence-corrected chi connectivity index (χ3v) is 5.64. The minimum Gasteiger partial charge on any atom is -0.384 e. The van der Waals surface area contributed by atoms with Gasteiger partial charge in [0.05, 0.1) is 6.61 Å². The molecule has 6 nitrogen and oxygen atoms in total. The molecule has 2 heterocycles. The van der Waals surface area contributed by atoms with Crippen molar-refractivity contribution in [3.05, 3.63) is 18.0 Å². The molecule has 1 unspecified atom stereocenters. The van der Waals surface area contributed by atoms with E-state index < -0.39 is 10.0 Å². The second kappa shape index (κ2) is 6.26. The monoisotopic (exact) mass is 301 g/mol. The average Bonchev–Trinajstić information content (AvgIpc) is 2.81. The molecule has 20 heavy (non-hydrogen) atoms. The van der Waals surface area contributed by atoms with E-state index in [9.17, 15) is 8.42 Å². The Bertz CT molecular complexity index is 551. The lowest BCUT2D eigenvalue weighted by atomic mass is 10.0. The molecule has 0 amide bonds. The number of aromatic nitrogens is 1. The molecule has 1 aliphatic rings. The number of hydrogen-bond donors (Lipinski definition) is 1. The maximum atomic E-state index is 12.6. The summed E-state index contributed by atoms with van der Waals surface area (Å²) in [6.45, 7) is 2.05. The molecule has 7 heteroatoms. The predicted molar refractivity (Wildman–Crippen MR) is 76.7 cm³/mol. The number of hydrogen-bond acceptors (Lipinski definition) is 4. The highest BCUT2D eigenvalue weighted by Gasteiger charge is 2.31. The second-order valence-electron chi connectivity index (χ2n) is 5.31. The van der Waals surface area contributed by atoms with Gasteiger partial charge in [-0.05, 0) is 24.8 Å². The van der Waals surface area contributed by atoms with Gasteiger partial charge in [-0.15, -0.1) is 0 Å². The first-order valence-electron chi connectivity index (χ1n) is 6.83. The second-order valence-corrected chi connectivity index (χ2v) is 7.25. The highest BCUT2D eigenvalue weighted by Crippen LogP contribution is 2.24. The molecule has 0 saturated carbocycles. The van der Waals surface area contributed by atoms with Crippen LogP contribution in [0.25, 0.3) is 0 Å². The predicted octanol–water partition coefficient (Wildman–Crippen LogP) is 0.531. The van der Waals surface area contributed by atoms with Crippen LogP contribution in [0.3, 0.4) is 0 Å². The summed E-state index contributed by atoms with van der Waals surface area (Å²) in [5, 5.41) is 0. The van der Waals surface area contributed by atoms with Gasteiger partial charge in [0.25, 0.3) is 0 Å². The Morgan fingerprint density at radius 2 is 2.25 bits per heavy atom. The molecule has 0 radical (unpaired) electrons. The van der Waals surface area contributed by atoms with E-state index in [0.29, 0.717) is 31.1 Å². The maximum absolute atomic E-state index is 12.6. The zero-order valence-corrected chi connectivity index (χ0v) is 12.9. The largest absolute Gasteiger partial charge is 0.384 e. The van der Waals surface area contributed by atoms with Gasteiger partial charge in [-0.25, -0.2) is 8.42 Å². The fraction of sp³-hybridized carbons (Fsp3) is 0.692. The lowest BCUT2D eigenvalue weighted by molar-refractivity contribution is 0.118. The first-order chi connectivity index (χ1) is 9.48. The molecule has 1 aliphatic heterocycles. The topological polar surface area (TPSA) is 77.6 Å². The molecule has 1 saturated heterocycles. The van der Waals surface area contributed by atoms with E-state index in [1.807, 2.05) is 7.05 Å². The van der Waals surface area contributed by atoms with Crippen molar-refractivity contribution in [3.8, 4) is 0 Å². The van der Waals surface area contributed by atoms with Gasteiger partial charge in [-0.3, -0.25) is 0 Å². The highest BCUT2D eigenvalue weighted by molar-refractivity contribution is 7.89. The van der Waals surface area contributed by atoms with Gasteiger partial charge in [0.1, 0.15) is 4.90 Å². The standard InChI is InChI=1S/C13H23N3O3S/c1-15-9-13(6-12(15)7-14)20(17,18)16-5-3-4-11(8-16)10-19-2/h6,9,11H,3-5,7-8,10,14H2,1-2H3. The van der Waals surface area contributed by atoms with Crippen LogP contribution in [0.1, 0.15) is 18.5 Å². The summed E-state index contributed by atoms with van der Waals surface area (Å²) < 4.78 is 33.8. The van der Waals surface area contributed by atoms with Crippen molar-refractivity contribution in [1.29, 1.82) is 0 Å². The first kappa shape index (κ1) is 15.5. The molecular formula is C13H23N3O3S. The van der Waals surface area contributed by atoms with Crippen molar-refractivity contribution in [2.45, 2.75) is 24.3 Å². The van der Waals surface area contributed by atoms with Gasteiger partial charge in [0.15, 0.2) is 0 Å². The highest BCUT2D eigenvalue weighted by atomic mass is 32.2. The van der Waals surface area contributed by atoms with Gasteiger partial charge in [-0.1, -0.05) is 0 Å². The molecule has 2 rings (SSSR count). The summed E-state index contributed by atoms with van der Waals surface area (Å²) in [6.07, 6.45) is 3.53. The number of nitrogens with zero attached hydrogens (tertiary/aromatic N) is 2.